The molecular formula is C22H19N3O. The van der Waals surface area contributed by atoms with Gasteiger partial charge in [-0.25, -0.2) is 0 Å². The van der Waals surface area contributed by atoms with Crippen LogP contribution < -0.4 is 10.1 Å². The SMILES string of the molecule is COc1ccccc1CNc1nnc(-c2ccccc2)c2ccccc12. The Hall–Kier alpha value is -3.40. The zero-order chi connectivity index (χ0) is 17.8. The van der Waals surface area contributed by atoms with Crippen LogP contribution in [0.3, 0.4) is 0 Å². The average Bonchev–Trinajstić information content (AvgIpc) is 2.73. The Morgan fingerprint density at radius 2 is 1.46 bits per heavy atom. The summed E-state index contributed by atoms with van der Waals surface area (Å²) in [7, 11) is 1.68. The number of nitrogens with zero attached hydrogens (tertiary/aromatic N) is 2. The molecule has 1 heterocycles. The molecular weight excluding hydrogens is 322 g/mol. The summed E-state index contributed by atoms with van der Waals surface area (Å²) in [5.41, 5.74) is 3.03. The standard InChI is InChI=1S/C22H19N3O/c1-26-20-14-8-5-11-17(20)15-23-22-19-13-7-6-12-18(19)21(24-25-22)16-9-3-2-4-10-16/h2-14H,15H2,1H3,(H,23,25). The van der Waals surface area contributed by atoms with Crippen molar-refractivity contribution in [2.45, 2.75) is 6.54 Å². The summed E-state index contributed by atoms with van der Waals surface area (Å²) in [4.78, 5) is 0. The Labute approximate surface area is 152 Å². The van der Waals surface area contributed by atoms with E-state index in [1.165, 1.54) is 0 Å². The third-order valence-corrected chi connectivity index (χ3v) is 4.37. The van der Waals surface area contributed by atoms with Crippen LogP contribution in [0.4, 0.5) is 5.82 Å². The normalized spacial score (nSPS) is 10.7. The molecule has 0 fully saturated rings. The summed E-state index contributed by atoms with van der Waals surface area (Å²) >= 11 is 0. The molecule has 1 N–H and O–H groups in total. The first kappa shape index (κ1) is 16.1. The van der Waals surface area contributed by atoms with Gasteiger partial charge in [-0.3, -0.25) is 0 Å². The minimum Gasteiger partial charge on any atom is -0.496 e. The molecule has 0 unspecified atom stereocenters. The van der Waals surface area contributed by atoms with Crippen LogP contribution in [0.25, 0.3) is 22.0 Å². The number of hydrogen-bond donors (Lipinski definition) is 1. The van der Waals surface area contributed by atoms with Crippen molar-refractivity contribution in [1.29, 1.82) is 0 Å². The van der Waals surface area contributed by atoms with Gasteiger partial charge in [0, 0.05) is 28.4 Å². The Kier molecular flexibility index (Phi) is 4.48. The van der Waals surface area contributed by atoms with Crippen molar-refractivity contribution in [3.8, 4) is 17.0 Å². The van der Waals surface area contributed by atoms with E-state index in [2.05, 4.69) is 39.8 Å². The Morgan fingerprint density at radius 3 is 2.27 bits per heavy atom. The van der Waals surface area contributed by atoms with E-state index in [-0.39, 0.29) is 0 Å². The van der Waals surface area contributed by atoms with Gasteiger partial charge in [0.15, 0.2) is 5.82 Å². The van der Waals surface area contributed by atoms with Crippen molar-refractivity contribution >= 4 is 16.6 Å². The van der Waals surface area contributed by atoms with Crippen LogP contribution in [0, 0.1) is 0 Å². The van der Waals surface area contributed by atoms with Crippen molar-refractivity contribution in [2.24, 2.45) is 0 Å². The number of aromatic nitrogens is 2. The molecule has 0 aliphatic heterocycles. The van der Waals surface area contributed by atoms with E-state index in [4.69, 9.17) is 4.74 Å². The van der Waals surface area contributed by atoms with Gasteiger partial charge in [0.2, 0.25) is 0 Å². The van der Waals surface area contributed by atoms with Crippen molar-refractivity contribution < 1.29 is 4.74 Å². The predicted octanol–water partition coefficient (Wildman–Crippen LogP) is 4.92. The molecule has 4 nitrogen and oxygen atoms in total. The largest absolute Gasteiger partial charge is 0.496 e. The molecule has 4 rings (SSSR count). The first-order chi connectivity index (χ1) is 12.9. The maximum absolute atomic E-state index is 5.42. The first-order valence-electron chi connectivity index (χ1n) is 8.53. The van der Waals surface area contributed by atoms with Gasteiger partial charge in [-0.2, -0.15) is 0 Å². The summed E-state index contributed by atoms with van der Waals surface area (Å²) < 4.78 is 5.42. The number of hydrogen-bond acceptors (Lipinski definition) is 4. The van der Waals surface area contributed by atoms with Gasteiger partial charge in [-0.05, 0) is 6.07 Å². The summed E-state index contributed by atoms with van der Waals surface area (Å²) in [6.45, 7) is 0.618. The summed E-state index contributed by atoms with van der Waals surface area (Å²) in [6.07, 6.45) is 0. The average molecular weight is 341 g/mol. The number of ether oxygens (including phenoxy) is 1. The van der Waals surface area contributed by atoms with Crippen LogP contribution in [0.15, 0.2) is 78.9 Å². The lowest BCUT2D eigenvalue weighted by atomic mass is 10.0. The highest BCUT2D eigenvalue weighted by atomic mass is 16.5. The van der Waals surface area contributed by atoms with Crippen LogP contribution in [0.2, 0.25) is 0 Å². The maximum atomic E-state index is 5.42. The second kappa shape index (κ2) is 7.23. The molecule has 0 bridgehead atoms. The molecule has 1 aromatic heterocycles. The van der Waals surface area contributed by atoms with E-state index >= 15 is 0 Å². The van der Waals surface area contributed by atoms with Crippen molar-refractivity contribution in [2.75, 3.05) is 12.4 Å². The van der Waals surface area contributed by atoms with Gasteiger partial charge >= 0.3 is 0 Å². The van der Waals surface area contributed by atoms with Gasteiger partial charge < -0.3 is 10.1 Å². The predicted molar refractivity (Wildman–Crippen MR) is 105 cm³/mol. The van der Waals surface area contributed by atoms with Crippen LogP contribution in [-0.4, -0.2) is 17.3 Å². The Balaban J connectivity index is 1.71. The number of fused-ring (bicyclic) bond motifs is 1. The lowest BCUT2D eigenvalue weighted by molar-refractivity contribution is 0.410. The molecule has 0 amide bonds. The van der Waals surface area contributed by atoms with Crippen molar-refractivity contribution in [3.63, 3.8) is 0 Å². The second-order valence-electron chi connectivity index (χ2n) is 5.97. The lowest BCUT2D eigenvalue weighted by Gasteiger charge is -2.13. The van der Waals surface area contributed by atoms with Gasteiger partial charge in [-0.15, -0.1) is 10.2 Å². The minimum absolute atomic E-state index is 0.618. The maximum Gasteiger partial charge on any atom is 0.156 e. The highest BCUT2D eigenvalue weighted by molar-refractivity contribution is 5.99. The Morgan fingerprint density at radius 1 is 0.769 bits per heavy atom. The zero-order valence-electron chi connectivity index (χ0n) is 14.5. The molecule has 0 saturated carbocycles. The molecule has 0 aliphatic rings. The fourth-order valence-electron chi connectivity index (χ4n) is 3.07. The number of rotatable bonds is 5. The van der Waals surface area contributed by atoms with E-state index in [0.717, 1.165) is 39.2 Å². The van der Waals surface area contributed by atoms with Crippen molar-refractivity contribution in [1.82, 2.24) is 10.2 Å². The first-order valence-corrected chi connectivity index (χ1v) is 8.53. The number of benzene rings is 3. The highest BCUT2D eigenvalue weighted by Gasteiger charge is 2.11. The topological polar surface area (TPSA) is 47.0 Å². The van der Waals surface area contributed by atoms with Crippen LogP contribution >= 0.6 is 0 Å². The van der Waals surface area contributed by atoms with Crippen LogP contribution in [-0.2, 0) is 6.54 Å². The third kappa shape index (κ3) is 3.09. The van der Waals surface area contributed by atoms with E-state index in [1.54, 1.807) is 7.11 Å². The van der Waals surface area contributed by atoms with E-state index in [1.807, 2.05) is 54.6 Å². The zero-order valence-corrected chi connectivity index (χ0v) is 14.5. The molecule has 26 heavy (non-hydrogen) atoms. The quantitative estimate of drug-likeness (QED) is 0.560. The monoisotopic (exact) mass is 341 g/mol. The molecule has 4 aromatic rings. The van der Waals surface area contributed by atoms with Crippen LogP contribution in [0.5, 0.6) is 5.75 Å². The van der Waals surface area contributed by atoms with Crippen molar-refractivity contribution in [3.05, 3.63) is 84.4 Å². The number of methoxy groups -OCH3 is 1. The fourth-order valence-corrected chi connectivity index (χ4v) is 3.07. The smallest absolute Gasteiger partial charge is 0.156 e. The third-order valence-electron chi connectivity index (χ3n) is 4.37. The summed E-state index contributed by atoms with van der Waals surface area (Å²) in [5, 5.41) is 14.5. The van der Waals surface area contributed by atoms with Gasteiger partial charge in [-0.1, -0.05) is 72.8 Å². The molecule has 4 heteroatoms. The minimum atomic E-state index is 0.618. The molecule has 0 radical (unpaired) electrons. The second-order valence-corrected chi connectivity index (χ2v) is 5.97. The number of anilines is 1. The van der Waals surface area contributed by atoms with Gasteiger partial charge in [0.25, 0.3) is 0 Å². The van der Waals surface area contributed by atoms with E-state index in [0.29, 0.717) is 6.54 Å². The fraction of sp³-hybridized carbons (Fsp3) is 0.0909. The molecule has 0 atom stereocenters. The molecule has 128 valence electrons. The van der Waals surface area contributed by atoms with Gasteiger partial charge in [0.1, 0.15) is 11.4 Å². The number of nitrogens with one attached hydrogen (secondary N) is 1. The highest BCUT2D eigenvalue weighted by Crippen LogP contribution is 2.30. The molecule has 0 aliphatic carbocycles. The van der Waals surface area contributed by atoms with E-state index in [9.17, 15) is 0 Å². The summed E-state index contributed by atoms with van der Waals surface area (Å²) in [6, 6.07) is 26.3. The Bertz CT molecular complexity index is 1030. The molecule has 3 aromatic carbocycles. The van der Waals surface area contributed by atoms with Crippen LogP contribution in [0.1, 0.15) is 5.56 Å². The lowest BCUT2D eigenvalue weighted by Crippen LogP contribution is -2.05. The summed E-state index contributed by atoms with van der Waals surface area (Å²) in [5.74, 6) is 1.63. The van der Waals surface area contributed by atoms with E-state index < -0.39 is 0 Å². The van der Waals surface area contributed by atoms with Gasteiger partial charge in [0.05, 0.1) is 7.11 Å². The molecule has 0 saturated heterocycles. The number of para-hydroxylation sites is 1. The molecule has 0 spiro atoms.